The highest BCUT2D eigenvalue weighted by molar-refractivity contribution is 5.61. The second-order valence-electron chi connectivity index (χ2n) is 5.25. The maximum absolute atomic E-state index is 5.36. The monoisotopic (exact) mass is 288 g/mol. The van der Waals surface area contributed by atoms with E-state index < -0.39 is 0 Å². The Balaban J connectivity index is 1.46. The van der Waals surface area contributed by atoms with Crippen LogP contribution in [0.15, 0.2) is 22.7 Å². The number of ether oxygens (including phenoxy) is 2. The number of hydrazine groups is 1. The Labute approximate surface area is 121 Å². The van der Waals surface area contributed by atoms with Gasteiger partial charge >= 0.3 is 0 Å². The van der Waals surface area contributed by atoms with E-state index in [0.717, 1.165) is 43.0 Å². The lowest BCUT2D eigenvalue weighted by atomic mass is 10.1. The van der Waals surface area contributed by atoms with Crippen LogP contribution in [0.3, 0.4) is 0 Å². The van der Waals surface area contributed by atoms with Crippen LogP contribution in [-0.4, -0.2) is 30.0 Å². The summed E-state index contributed by atoms with van der Waals surface area (Å²) in [7, 11) is 0. The van der Waals surface area contributed by atoms with E-state index in [1.54, 1.807) is 0 Å². The highest BCUT2D eigenvalue weighted by Gasteiger charge is 2.18. The summed E-state index contributed by atoms with van der Waals surface area (Å²) in [4.78, 5) is 4.45. The van der Waals surface area contributed by atoms with Crippen LogP contribution in [0.5, 0.6) is 11.5 Å². The van der Waals surface area contributed by atoms with E-state index in [1.165, 1.54) is 0 Å². The summed E-state index contributed by atoms with van der Waals surface area (Å²) >= 11 is 0. The van der Waals surface area contributed by atoms with Crippen LogP contribution < -0.4 is 20.3 Å². The van der Waals surface area contributed by atoms with Crippen molar-refractivity contribution in [3.8, 4) is 22.9 Å². The molecule has 1 aromatic carbocycles. The zero-order valence-electron chi connectivity index (χ0n) is 11.5. The van der Waals surface area contributed by atoms with Gasteiger partial charge in [0.25, 0.3) is 0 Å². The zero-order valence-corrected chi connectivity index (χ0v) is 11.5. The lowest BCUT2D eigenvalue weighted by Gasteiger charge is -2.02. The van der Waals surface area contributed by atoms with Crippen molar-refractivity contribution >= 4 is 0 Å². The van der Waals surface area contributed by atoms with Crippen molar-refractivity contribution in [2.45, 2.75) is 12.8 Å². The van der Waals surface area contributed by atoms with E-state index in [1.807, 2.05) is 18.2 Å². The Hall–Kier alpha value is -2.12. The number of benzene rings is 1. The molecule has 1 fully saturated rings. The van der Waals surface area contributed by atoms with Gasteiger partial charge in [-0.25, -0.2) is 0 Å². The van der Waals surface area contributed by atoms with Crippen molar-refractivity contribution in [1.82, 2.24) is 21.0 Å². The largest absolute Gasteiger partial charge is 0.454 e. The van der Waals surface area contributed by atoms with Gasteiger partial charge in [-0.3, -0.25) is 10.9 Å². The summed E-state index contributed by atoms with van der Waals surface area (Å²) in [6, 6.07) is 5.65. The fraction of sp³-hybridized carbons (Fsp3) is 0.429. The number of aromatic nitrogens is 2. The number of hydrogen-bond acceptors (Lipinski definition) is 7. The quantitative estimate of drug-likeness (QED) is 0.872. The number of nitrogens with zero attached hydrogens (tertiary/aromatic N) is 2. The number of nitrogens with one attached hydrogen (secondary N) is 2. The molecule has 0 aliphatic carbocycles. The molecule has 4 rings (SSSR count). The molecular formula is C14H16N4O3. The molecule has 0 unspecified atom stereocenters. The minimum Gasteiger partial charge on any atom is -0.454 e. The number of aryl methyl sites for hydroxylation is 1. The molecule has 0 saturated carbocycles. The Morgan fingerprint density at radius 2 is 2.00 bits per heavy atom. The maximum atomic E-state index is 5.36. The second-order valence-corrected chi connectivity index (χ2v) is 5.25. The smallest absolute Gasteiger partial charge is 0.231 e. The predicted molar refractivity (Wildman–Crippen MR) is 73.7 cm³/mol. The Bertz CT molecular complexity index is 637. The summed E-state index contributed by atoms with van der Waals surface area (Å²) in [5.74, 6) is 3.36. The van der Waals surface area contributed by atoms with Gasteiger partial charge in [-0.05, 0) is 30.5 Å². The van der Waals surface area contributed by atoms with Crippen molar-refractivity contribution in [2.75, 3.05) is 19.9 Å². The van der Waals surface area contributed by atoms with Gasteiger partial charge in [0, 0.05) is 25.1 Å². The molecule has 110 valence electrons. The van der Waals surface area contributed by atoms with Crippen LogP contribution in [-0.2, 0) is 6.42 Å². The molecule has 2 aromatic rings. The van der Waals surface area contributed by atoms with Crippen molar-refractivity contribution < 1.29 is 14.0 Å². The number of rotatable bonds is 4. The molecule has 3 heterocycles. The van der Waals surface area contributed by atoms with Gasteiger partial charge in [-0.2, -0.15) is 4.98 Å². The predicted octanol–water partition coefficient (Wildman–Crippen LogP) is 1.12. The van der Waals surface area contributed by atoms with Gasteiger partial charge < -0.3 is 14.0 Å². The van der Waals surface area contributed by atoms with Crippen LogP contribution in [0.1, 0.15) is 12.3 Å². The lowest BCUT2D eigenvalue weighted by Crippen LogP contribution is -2.21. The lowest BCUT2D eigenvalue weighted by molar-refractivity contribution is 0.174. The number of fused-ring (bicyclic) bond motifs is 1. The van der Waals surface area contributed by atoms with Crippen LogP contribution in [0.4, 0.5) is 0 Å². The van der Waals surface area contributed by atoms with Gasteiger partial charge in [0.2, 0.25) is 18.5 Å². The van der Waals surface area contributed by atoms with Crippen LogP contribution in [0, 0.1) is 5.92 Å². The van der Waals surface area contributed by atoms with Gasteiger partial charge in [-0.15, -0.1) is 0 Å². The average Bonchev–Trinajstić information content (AvgIpc) is 3.25. The molecule has 2 N–H and O–H groups in total. The molecule has 0 spiro atoms. The molecule has 1 saturated heterocycles. The van der Waals surface area contributed by atoms with Crippen molar-refractivity contribution in [3.05, 3.63) is 24.1 Å². The number of hydrogen-bond donors (Lipinski definition) is 2. The molecule has 2 aliphatic heterocycles. The fourth-order valence-corrected chi connectivity index (χ4v) is 2.55. The van der Waals surface area contributed by atoms with Gasteiger partial charge in [0.05, 0.1) is 0 Å². The van der Waals surface area contributed by atoms with E-state index in [0.29, 0.717) is 17.6 Å². The first-order valence-electron chi connectivity index (χ1n) is 7.07. The second kappa shape index (κ2) is 5.34. The first kappa shape index (κ1) is 12.6. The summed E-state index contributed by atoms with van der Waals surface area (Å²) in [5, 5.41) is 4.04. The first-order valence-corrected chi connectivity index (χ1v) is 7.07. The minimum absolute atomic E-state index is 0.264. The molecule has 7 nitrogen and oxygen atoms in total. The third-order valence-electron chi connectivity index (χ3n) is 3.77. The fourth-order valence-electron chi connectivity index (χ4n) is 2.55. The normalized spacial score (nSPS) is 17.5. The van der Waals surface area contributed by atoms with Gasteiger partial charge in [0.1, 0.15) is 0 Å². The van der Waals surface area contributed by atoms with E-state index in [-0.39, 0.29) is 6.79 Å². The van der Waals surface area contributed by atoms with E-state index in [9.17, 15) is 0 Å². The molecule has 7 heteroatoms. The third-order valence-corrected chi connectivity index (χ3v) is 3.77. The summed E-state index contributed by atoms with van der Waals surface area (Å²) in [5.41, 5.74) is 7.12. The average molecular weight is 288 g/mol. The van der Waals surface area contributed by atoms with Gasteiger partial charge in [-0.1, -0.05) is 5.16 Å². The standard InChI is InChI=1S/C14H16N4O3/c1(9-6-15-16-7-9)4-13-17-14(18-21-13)10-2-3-11-12(5-10)20-8-19-11/h2-3,5,9,15-16H,1,4,6-8H2. The van der Waals surface area contributed by atoms with Crippen LogP contribution >= 0.6 is 0 Å². The molecule has 21 heavy (non-hydrogen) atoms. The molecule has 1 aromatic heterocycles. The highest BCUT2D eigenvalue weighted by atomic mass is 16.7. The minimum atomic E-state index is 0.264. The van der Waals surface area contributed by atoms with E-state index >= 15 is 0 Å². The first-order chi connectivity index (χ1) is 10.4. The summed E-state index contributed by atoms with van der Waals surface area (Å²) < 4.78 is 16.0. The SMILES string of the molecule is c1cc2c(cc1-c1noc(CCC3CNNC3)n1)OCO2. The third kappa shape index (κ3) is 2.57. The van der Waals surface area contributed by atoms with E-state index in [2.05, 4.69) is 21.0 Å². The van der Waals surface area contributed by atoms with Crippen molar-refractivity contribution in [1.29, 1.82) is 0 Å². The summed E-state index contributed by atoms with van der Waals surface area (Å²) in [6.45, 7) is 2.24. The van der Waals surface area contributed by atoms with Crippen LogP contribution in [0.25, 0.3) is 11.4 Å². The zero-order chi connectivity index (χ0) is 14.1. The summed E-state index contributed by atoms with van der Waals surface area (Å²) in [6.07, 6.45) is 1.83. The topological polar surface area (TPSA) is 81.4 Å². The molecule has 0 amide bonds. The highest BCUT2D eigenvalue weighted by Crippen LogP contribution is 2.35. The molecular weight excluding hydrogens is 272 g/mol. The molecule has 0 radical (unpaired) electrons. The molecule has 2 aliphatic rings. The Kier molecular flexibility index (Phi) is 3.21. The van der Waals surface area contributed by atoms with Crippen molar-refractivity contribution in [2.24, 2.45) is 5.92 Å². The molecule has 0 bridgehead atoms. The van der Waals surface area contributed by atoms with Crippen LogP contribution in [0.2, 0.25) is 0 Å². The Morgan fingerprint density at radius 3 is 2.90 bits per heavy atom. The Morgan fingerprint density at radius 1 is 1.14 bits per heavy atom. The maximum Gasteiger partial charge on any atom is 0.231 e. The van der Waals surface area contributed by atoms with E-state index in [4.69, 9.17) is 14.0 Å². The molecule has 0 atom stereocenters. The van der Waals surface area contributed by atoms with Gasteiger partial charge in [0.15, 0.2) is 11.5 Å². The van der Waals surface area contributed by atoms with Crippen molar-refractivity contribution in [3.63, 3.8) is 0 Å².